The standard InChI is InChI=1S/C14H17BrN2O4/c1-2-21-14(18)12-5-3-4-8-16(12)13-9-10(15)6-7-11(13)17(19)20/h6-7,9,12H,2-5,8H2,1H3. The highest BCUT2D eigenvalue weighted by molar-refractivity contribution is 9.10. The summed E-state index contributed by atoms with van der Waals surface area (Å²) in [5, 5.41) is 11.2. The minimum Gasteiger partial charge on any atom is -0.464 e. The molecule has 0 spiro atoms. The van der Waals surface area contributed by atoms with Crippen molar-refractivity contribution in [2.24, 2.45) is 0 Å². The first-order chi connectivity index (χ1) is 10.0. The van der Waals surface area contributed by atoms with Crippen LogP contribution in [0.2, 0.25) is 0 Å². The predicted molar refractivity (Wildman–Crippen MR) is 82.4 cm³/mol. The van der Waals surface area contributed by atoms with E-state index in [-0.39, 0.29) is 11.7 Å². The van der Waals surface area contributed by atoms with E-state index in [9.17, 15) is 14.9 Å². The third-order valence-electron chi connectivity index (χ3n) is 3.51. The fourth-order valence-corrected chi connectivity index (χ4v) is 2.93. The zero-order valence-electron chi connectivity index (χ0n) is 11.8. The molecule has 1 unspecified atom stereocenters. The number of piperidine rings is 1. The van der Waals surface area contributed by atoms with Crippen LogP contribution < -0.4 is 4.90 Å². The van der Waals surface area contributed by atoms with Gasteiger partial charge in [0.25, 0.3) is 5.69 Å². The number of esters is 1. The summed E-state index contributed by atoms with van der Waals surface area (Å²) >= 11 is 3.33. The molecule has 1 atom stereocenters. The van der Waals surface area contributed by atoms with Gasteiger partial charge in [-0.1, -0.05) is 15.9 Å². The first kappa shape index (κ1) is 15.8. The number of halogens is 1. The maximum atomic E-state index is 12.1. The Kier molecular flexibility index (Phi) is 5.17. The fourth-order valence-electron chi connectivity index (χ4n) is 2.58. The molecule has 7 heteroatoms. The Bertz CT molecular complexity index is 550. The summed E-state index contributed by atoms with van der Waals surface area (Å²) in [5.41, 5.74) is 0.474. The van der Waals surface area contributed by atoms with Crippen LogP contribution in [0.4, 0.5) is 11.4 Å². The topological polar surface area (TPSA) is 72.7 Å². The van der Waals surface area contributed by atoms with Crippen molar-refractivity contribution in [2.45, 2.75) is 32.2 Å². The number of carbonyl (C=O) groups is 1. The molecule has 0 radical (unpaired) electrons. The SMILES string of the molecule is CCOC(=O)C1CCCCN1c1cc(Br)ccc1[N+](=O)[O-]. The van der Waals surface area contributed by atoms with Crippen molar-refractivity contribution in [1.82, 2.24) is 0 Å². The maximum absolute atomic E-state index is 12.1. The number of carbonyl (C=O) groups excluding carboxylic acids is 1. The Labute approximate surface area is 131 Å². The smallest absolute Gasteiger partial charge is 0.328 e. The van der Waals surface area contributed by atoms with Gasteiger partial charge in [0, 0.05) is 17.1 Å². The summed E-state index contributed by atoms with van der Waals surface area (Å²) in [6.45, 7) is 2.68. The number of rotatable bonds is 4. The largest absolute Gasteiger partial charge is 0.464 e. The lowest BCUT2D eigenvalue weighted by Crippen LogP contribution is -2.46. The first-order valence-electron chi connectivity index (χ1n) is 6.91. The van der Waals surface area contributed by atoms with Crippen molar-refractivity contribution in [3.63, 3.8) is 0 Å². The number of anilines is 1. The highest BCUT2D eigenvalue weighted by atomic mass is 79.9. The Morgan fingerprint density at radius 1 is 1.52 bits per heavy atom. The molecule has 2 rings (SSSR count). The van der Waals surface area contributed by atoms with Crippen LogP contribution >= 0.6 is 15.9 Å². The van der Waals surface area contributed by atoms with Gasteiger partial charge >= 0.3 is 5.97 Å². The number of nitrogens with zero attached hydrogens (tertiary/aromatic N) is 2. The molecule has 0 saturated carbocycles. The highest BCUT2D eigenvalue weighted by Crippen LogP contribution is 2.35. The van der Waals surface area contributed by atoms with Gasteiger partial charge in [-0.05, 0) is 38.3 Å². The third kappa shape index (κ3) is 3.53. The van der Waals surface area contributed by atoms with E-state index in [2.05, 4.69) is 15.9 Å². The molecule has 1 aromatic rings. The predicted octanol–water partition coefficient (Wildman–Crippen LogP) is 3.28. The molecule has 1 fully saturated rings. The summed E-state index contributed by atoms with van der Waals surface area (Å²) in [4.78, 5) is 24.7. The number of ether oxygens (including phenoxy) is 1. The van der Waals surface area contributed by atoms with Crippen LogP contribution in [0, 0.1) is 10.1 Å². The second-order valence-corrected chi connectivity index (χ2v) is 5.76. The van der Waals surface area contributed by atoms with Crippen LogP contribution in [0.25, 0.3) is 0 Å². The van der Waals surface area contributed by atoms with Gasteiger partial charge in [0.1, 0.15) is 11.7 Å². The summed E-state index contributed by atoms with van der Waals surface area (Å²) in [5.74, 6) is -0.313. The van der Waals surface area contributed by atoms with Crippen LogP contribution in [0.5, 0.6) is 0 Å². The van der Waals surface area contributed by atoms with Gasteiger partial charge in [0.15, 0.2) is 0 Å². The van der Waals surface area contributed by atoms with E-state index < -0.39 is 11.0 Å². The minimum atomic E-state index is -0.452. The number of hydrogen-bond donors (Lipinski definition) is 0. The lowest BCUT2D eigenvalue weighted by Gasteiger charge is -2.35. The van der Waals surface area contributed by atoms with Gasteiger partial charge in [-0.25, -0.2) is 4.79 Å². The van der Waals surface area contributed by atoms with Gasteiger partial charge in [-0.3, -0.25) is 10.1 Å². The van der Waals surface area contributed by atoms with Crippen LogP contribution in [0.1, 0.15) is 26.2 Å². The molecule has 114 valence electrons. The minimum absolute atomic E-state index is 0.00870. The number of nitro groups is 1. The quantitative estimate of drug-likeness (QED) is 0.470. The molecule has 0 aliphatic carbocycles. The average molecular weight is 357 g/mol. The van der Waals surface area contributed by atoms with Crippen molar-refractivity contribution in [1.29, 1.82) is 0 Å². The molecule has 0 aromatic heterocycles. The molecular weight excluding hydrogens is 340 g/mol. The van der Waals surface area contributed by atoms with Crippen molar-refractivity contribution >= 4 is 33.3 Å². The van der Waals surface area contributed by atoms with Crippen molar-refractivity contribution in [3.8, 4) is 0 Å². The van der Waals surface area contributed by atoms with Crippen molar-refractivity contribution in [2.75, 3.05) is 18.1 Å². The monoisotopic (exact) mass is 356 g/mol. The molecule has 21 heavy (non-hydrogen) atoms. The molecule has 0 bridgehead atoms. The van der Waals surface area contributed by atoms with Crippen LogP contribution in [0.3, 0.4) is 0 Å². The van der Waals surface area contributed by atoms with Gasteiger partial charge < -0.3 is 9.64 Å². The molecule has 1 aliphatic rings. The van der Waals surface area contributed by atoms with Crippen LogP contribution in [0.15, 0.2) is 22.7 Å². The summed E-state index contributed by atoms with van der Waals surface area (Å²) in [7, 11) is 0. The van der Waals surface area contributed by atoms with Gasteiger partial charge in [0.05, 0.1) is 11.5 Å². The molecule has 0 N–H and O–H groups in total. The normalized spacial score (nSPS) is 18.4. The maximum Gasteiger partial charge on any atom is 0.328 e. The molecule has 0 amide bonds. The lowest BCUT2D eigenvalue weighted by molar-refractivity contribution is -0.384. The number of benzene rings is 1. The molecule has 1 heterocycles. The zero-order chi connectivity index (χ0) is 15.4. The van der Waals surface area contributed by atoms with E-state index >= 15 is 0 Å². The first-order valence-corrected chi connectivity index (χ1v) is 7.71. The second-order valence-electron chi connectivity index (χ2n) is 4.85. The van der Waals surface area contributed by atoms with Gasteiger partial charge in [-0.2, -0.15) is 0 Å². The molecular formula is C14H17BrN2O4. The van der Waals surface area contributed by atoms with E-state index in [0.29, 0.717) is 25.3 Å². The summed E-state index contributed by atoms with van der Waals surface area (Å²) < 4.78 is 5.85. The van der Waals surface area contributed by atoms with Crippen molar-refractivity contribution < 1.29 is 14.5 Å². The van der Waals surface area contributed by atoms with Crippen LogP contribution in [-0.2, 0) is 9.53 Å². The zero-order valence-corrected chi connectivity index (χ0v) is 13.3. The van der Waals surface area contributed by atoms with E-state index in [4.69, 9.17) is 4.74 Å². The van der Waals surface area contributed by atoms with E-state index in [1.807, 2.05) is 0 Å². The number of nitro benzene ring substituents is 1. The van der Waals surface area contributed by atoms with Gasteiger partial charge in [0.2, 0.25) is 0 Å². The Morgan fingerprint density at radius 3 is 2.95 bits per heavy atom. The Hall–Kier alpha value is -1.63. The summed E-state index contributed by atoms with van der Waals surface area (Å²) in [6, 6.07) is 4.32. The molecule has 6 nitrogen and oxygen atoms in total. The van der Waals surface area contributed by atoms with E-state index in [0.717, 1.165) is 17.3 Å². The molecule has 1 aliphatic heterocycles. The summed E-state index contributed by atoms with van der Waals surface area (Å²) in [6.07, 6.45) is 2.48. The third-order valence-corrected chi connectivity index (χ3v) is 4.00. The van der Waals surface area contributed by atoms with E-state index in [1.165, 1.54) is 6.07 Å². The van der Waals surface area contributed by atoms with E-state index in [1.54, 1.807) is 24.0 Å². The van der Waals surface area contributed by atoms with Crippen LogP contribution in [-0.4, -0.2) is 30.1 Å². The fraction of sp³-hybridized carbons (Fsp3) is 0.500. The Morgan fingerprint density at radius 2 is 2.29 bits per heavy atom. The number of hydrogen-bond acceptors (Lipinski definition) is 5. The van der Waals surface area contributed by atoms with Gasteiger partial charge in [-0.15, -0.1) is 0 Å². The average Bonchev–Trinajstić information content (AvgIpc) is 2.47. The Balaban J connectivity index is 2.39. The highest BCUT2D eigenvalue weighted by Gasteiger charge is 2.33. The molecule has 1 saturated heterocycles. The van der Waals surface area contributed by atoms with Crippen molar-refractivity contribution in [3.05, 3.63) is 32.8 Å². The second kappa shape index (κ2) is 6.89. The lowest BCUT2D eigenvalue weighted by atomic mass is 10.0. The molecule has 1 aromatic carbocycles.